The summed E-state index contributed by atoms with van der Waals surface area (Å²) in [5.74, 6) is -0.187. The van der Waals surface area contributed by atoms with Crippen molar-refractivity contribution in [2.24, 2.45) is 5.92 Å². The Morgan fingerprint density at radius 3 is 2.14 bits per heavy atom. The number of nitrogens with one attached hydrogen (secondary N) is 2. The van der Waals surface area contributed by atoms with Crippen LogP contribution in [0, 0.1) is 5.92 Å². The number of alkyl carbamates (subject to hydrolysis) is 1. The third-order valence-electron chi connectivity index (χ3n) is 1.36. The van der Waals surface area contributed by atoms with Crippen molar-refractivity contribution in [2.75, 3.05) is 6.67 Å². The maximum absolute atomic E-state index is 11.0. The molecule has 0 rings (SSSR count). The van der Waals surface area contributed by atoms with Crippen molar-refractivity contribution in [2.45, 2.75) is 33.8 Å². The van der Waals surface area contributed by atoms with Gasteiger partial charge < -0.3 is 15.4 Å². The zero-order valence-electron chi connectivity index (χ0n) is 9.09. The molecule has 0 bridgehead atoms. The molecular weight excluding hydrogens is 184 g/mol. The van der Waals surface area contributed by atoms with Gasteiger partial charge in [0.15, 0.2) is 0 Å². The highest BCUT2D eigenvalue weighted by molar-refractivity contribution is 5.78. The van der Waals surface area contributed by atoms with E-state index in [-0.39, 0.29) is 24.6 Å². The van der Waals surface area contributed by atoms with Crippen LogP contribution < -0.4 is 10.6 Å². The first-order valence-corrected chi connectivity index (χ1v) is 4.65. The fourth-order valence-corrected chi connectivity index (χ4v) is 0.663. The van der Waals surface area contributed by atoms with Crippen molar-refractivity contribution >= 4 is 12.0 Å². The lowest BCUT2D eigenvalue weighted by atomic mass is 10.2. The molecule has 5 heteroatoms. The average Bonchev–Trinajstić information content (AvgIpc) is 2.02. The van der Waals surface area contributed by atoms with E-state index in [0.717, 1.165) is 0 Å². The van der Waals surface area contributed by atoms with Crippen molar-refractivity contribution in [3.05, 3.63) is 0 Å². The number of carbonyl (C=O) groups is 2. The van der Waals surface area contributed by atoms with Gasteiger partial charge in [-0.15, -0.1) is 0 Å². The monoisotopic (exact) mass is 202 g/mol. The zero-order chi connectivity index (χ0) is 11.1. The molecule has 0 saturated carbocycles. The third-order valence-corrected chi connectivity index (χ3v) is 1.36. The Morgan fingerprint density at radius 1 is 1.14 bits per heavy atom. The van der Waals surface area contributed by atoms with E-state index < -0.39 is 6.09 Å². The van der Waals surface area contributed by atoms with Crippen LogP contribution >= 0.6 is 0 Å². The van der Waals surface area contributed by atoms with Gasteiger partial charge in [-0.3, -0.25) is 4.79 Å². The zero-order valence-corrected chi connectivity index (χ0v) is 9.09. The summed E-state index contributed by atoms with van der Waals surface area (Å²) in [5.41, 5.74) is 0. The minimum Gasteiger partial charge on any atom is -0.447 e. The van der Waals surface area contributed by atoms with Gasteiger partial charge in [0.2, 0.25) is 5.91 Å². The Hall–Kier alpha value is -1.26. The molecule has 0 saturated heterocycles. The van der Waals surface area contributed by atoms with Crippen LogP contribution in [-0.2, 0) is 9.53 Å². The predicted molar refractivity (Wildman–Crippen MR) is 52.6 cm³/mol. The van der Waals surface area contributed by atoms with E-state index in [1.807, 2.05) is 0 Å². The molecule has 0 heterocycles. The van der Waals surface area contributed by atoms with E-state index in [1.54, 1.807) is 27.7 Å². The van der Waals surface area contributed by atoms with Crippen molar-refractivity contribution in [3.8, 4) is 0 Å². The van der Waals surface area contributed by atoms with E-state index in [9.17, 15) is 9.59 Å². The van der Waals surface area contributed by atoms with Gasteiger partial charge in [-0.05, 0) is 13.8 Å². The highest BCUT2D eigenvalue weighted by Gasteiger charge is 2.07. The normalized spacial score (nSPS) is 10.1. The summed E-state index contributed by atoms with van der Waals surface area (Å²) in [7, 11) is 0. The molecule has 2 amide bonds. The van der Waals surface area contributed by atoms with Gasteiger partial charge in [0.05, 0.1) is 12.8 Å². The quantitative estimate of drug-likeness (QED) is 0.664. The smallest absolute Gasteiger partial charge is 0.408 e. The lowest BCUT2D eigenvalue weighted by Crippen LogP contribution is -2.39. The van der Waals surface area contributed by atoms with Crippen LogP contribution in [0.1, 0.15) is 27.7 Å². The highest BCUT2D eigenvalue weighted by atomic mass is 16.6. The summed E-state index contributed by atoms with van der Waals surface area (Å²) in [6.45, 7) is 7.17. The third kappa shape index (κ3) is 6.28. The number of rotatable bonds is 4. The minimum absolute atomic E-state index is 0.0853. The summed E-state index contributed by atoms with van der Waals surface area (Å²) < 4.78 is 4.79. The van der Waals surface area contributed by atoms with E-state index in [1.165, 1.54) is 0 Å². The SMILES string of the molecule is CC(C)OC(=O)NCNC(=O)C(C)C. The number of hydrogen-bond acceptors (Lipinski definition) is 3. The molecule has 0 aliphatic heterocycles. The van der Waals surface area contributed by atoms with Crippen molar-refractivity contribution in [1.29, 1.82) is 0 Å². The number of ether oxygens (including phenoxy) is 1. The molecule has 0 unspecified atom stereocenters. The highest BCUT2D eigenvalue weighted by Crippen LogP contribution is 1.89. The molecule has 0 aromatic rings. The Morgan fingerprint density at radius 2 is 1.71 bits per heavy atom. The van der Waals surface area contributed by atoms with E-state index in [4.69, 9.17) is 4.74 Å². The average molecular weight is 202 g/mol. The second-order valence-corrected chi connectivity index (χ2v) is 3.50. The largest absolute Gasteiger partial charge is 0.447 e. The lowest BCUT2D eigenvalue weighted by molar-refractivity contribution is -0.124. The molecule has 0 aliphatic carbocycles. The fraction of sp³-hybridized carbons (Fsp3) is 0.778. The van der Waals surface area contributed by atoms with Gasteiger partial charge >= 0.3 is 6.09 Å². The van der Waals surface area contributed by atoms with Crippen molar-refractivity contribution in [3.63, 3.8) is 0 Å². The van der Waals surface area contributed by atoms with Crippen LogP contribution in [-0.4, -0.2) is 24.8 Å². The van der Waals surface area contributed by atoms with Crippen molar-refractivity contribution in [1.82, 2.24) is 10.6 Å². The Kier molecular flexibility index (Phi) is 5.67. The van der Waals surface area contributed by atoms with Crippen LogP contribution in [0.2, 0.25) is 0 Å². The Balaban J connectivity index is 3.54. The lowest BCUT2D eigenvalue weighted by Gasteiger charge is -2.11. The van der Waals surface area contributed by atoms with E-state index in [2.05, 4.69) is 10.6 Å². The van der Waals surface area contributed by atoms with Gasteiger partial charge in [0, 0.05) is 5.92 Å². The summed E-state index contributed by atoms with van der Waals surface area (Å²) in [6.07, 6.45) is -0.681. The van der Waals surface area contributed by atoms with Gasteiger partial charge in [-0.1, -0.05) is 13.8 Å². The van der Waals surface area contributed by atoms with Crippen LogP contribution in [0.3, 0.4) is 0 Å². The second-order valence-electron chi connectivity index (χ2n) is 3.50. The van der Waals surface area contributed by atoms with Crippen molar-refractivity contribution < 1.29 is 14.3 Å². The number of carbonyl (C=O) groups excluding carboxylic acids is 2. The second kappa shape index (κ2) is 6.23. The van der Waals surface area contributed by atoms with E-state index >= 15 is 0 Å². The predicted octanol–water partition coefficient (Wildman–Crippen LogP) is 0.851. The molecule has 14 heavy (non-hydrogen) atoms. The van der Waals surface area contributed by atoms with Gasteiger partial charge in [-0.2, -0.15) is 0 Å². The summed E-state index contributed by atoms with van der Waals surface area (Å²) in [4.78, 5) is 22.0. The molecule has 0 fully saturated rings. The van der Waals surface area contributed by atoms with E-state index in [0.29, 0.717) is 0 Å². The Labute approximate surface area is 84.2 Å². The van der Waals surface area contributed by atoms with Crippen LogP contribution in [0.15, 0.2) is 0 Å². The van der Waals surface area contributed by atoms with Crippen LogP contribution in [0.25, 0.3) is 0 Å². The summed E-state index contributed by atoms with van der Waals surface area (Å²) >= 11 is 0. The maximum Gasteiger partial charge on any atom is 0.408 e. The first-order valence-electron chi connectivity index (χ1n) is 4.65. The Bertz CT molecular complexity index is 202. The van der Waals surface area contributed by atoms with Crippen LogP contribution in [0.4, 0.5) is 4.79 Å². The van der Waals surface area contributed by atoms with Gasteiger partial charge in [0.1, 0.15) is 0 Å². The molecule has 0 aromatic heterocycles. The molecule has 0 aromatic carbocycles. The molecule has 82 valence electrons. The van der Waals surface area contributed by atoms with Gasteiger partial charge in [-0.25, -0.2) is 4.79 Å². The first kappa shape index (κ1) is 12.7. The van der Waals surface area contributed by atoms with Crippen LogP contribution in [0.5, 0.6) is 0 Å². The molecule has 5 nitrogen and oxygen atoms in total. The molecule has 0 radical (unpaired) electrons. The number of amides is 2. The van der Waals surface area contributed by atoms with Gasteiger partial charge in [0.25, 0.3) is 0 Å². The molecule has 0 spiro atoms. The fourth-order valence-electron chi connectivity index (χ4n) is 0.663. The topological polar surface area (TPSA) is 67.4 Å². The maximum atomic E-state index is 11.0. The summed E-state index contributed by atoms with van der Waals surface area (Å²) in [6, 6.07) is 0. The molecular formula is C9H18N2O3. The molecule has 0 aliphatic rings. The molecule has 0 atom stereocenters. The summed E-state index contributed by atoms with van der Waals surface area (Å²) in [5, 5.41) is 4.94. The first-order chi connectivity index (χ1) is 6.43. The minimum atomic E-state index is -0.524. The number of hydrogen-bond donors (Lipinski definition) is 2. The molecule has 2 N–H and O–H groups in total. The standard InChI is InChI=1S/C9H18N2O3/c1-6(2)8(12)10-5-11-9(13)14-7(3)4/h6-7H,5H2,1-4H3,(H,10,12)(H,11,13).